The maximum atomic E-state index is 11.2. The molecule has 1 aliphatic heterocycles. The predicted molar refractivity (Wildman–Crippen MR) is 53.8 cm³/mol. The van der Waals surface area contributed by atoms with Crippen LogP contribution in [0.3, 0.4) is 0 Å². The third-order valence-electron chi connectivity index (χ3n) is 2.53. The molecule has 1 aromatic rings. The summed E-state index contributed by atoms with van der Waals surface area (Å²) < 4.78 is 0.652. The second-order valence-corrected chi connectivity index (χ2v) is 3.60. The summed E-state index contributed by atoms with van der Waals surface area (Å²) in [5.74, 6) is 0.858. The second-order valence-electron chi connectivity index (χ2n) is 3.60. The van der Waals surface area contributed by atoms with Crippen LogP contribution in [0.25, 0.3) is 0 Å². The number of aromatic nitrogens is 2. The number of nitrogen functional groups attached to an aromatic ring is 1. The first-order chi connectivity index (χ1) is 6.68. The minimum absolute atomic E-state index is 0.0342. The van der Waals surface area contributed by atoms with E-state index in [0.717, 1.165) is 18.9 Å². The van der Waals surface area contributed by atoms with Crippen molar-refractivity contribution in [2.75, 3.05) is 23.7 Å². The van der Waals surface area contributed by atoms with Crippen LogP contribution in [0, 0.1) is 12.1 Å². The topological polar surface area (TPSA) is 69.1 Å². The number of nitrogens with zero attached hydrogens (tertiary/aromatic N) is 3. The highest BCUT2D eigenvalue weighted by Crippen LogP contribution is 2.18. The minimum Gasteiger partial charge on any atom is -0.740 e. The van der Waals surface area contributed by atoms with Crippen LogP contribution >= 0.6 is 0 Å². The first-order valence-electron chi connectivity index (χ1n) is 4.80. The fourth-order valence-corrected chi connectivity index (χ4v) is 1.73. The van der Waals surface area contributed by atoms with Crippen molar-refractivity contribution in [3.63, 3.8) is 0 Å². The first kappa shape index (κ1) is 9.05. The third kappa shape index (κ3) is 1.45. The van der Waals surface area contributed by atoms with Crippen LogP contribution < -0.4 is 15.4 Å². The Hall–Kier alpha value is -1.52. The van der Waals surface area contributed by atoms with E-state index in [-0.39, 0.29) is 5.95 Å². The minimum atomic E-state index is 0.0342. The Kier molecular flexibility index (Phi) is 2.15. The fourth-order valence-electron chi connectivity index (χ4n) is 1.73. The number of anilines is 2. The van der Waals surface area contributed by atoms with Crippen LogP contribution in [0.1, 0.15) is 18.5 Å². The van der Waals surface area contributed by atoms with E-state index < -0.39 is 0 Å². The molecule has 14 heavy (non-hydrogen) atoms. The van der Waals surface area contributed by atoms with E-state index in [2.05, 4.69) is 9.88 Å². The molecular formula is C9H14N4O. The molecule has 0 bridgehead atoms. The van der Waals surface area contributed by atoms with Crippen LogP contribution in [-0.4, -0.2) is 18.1 Å². The van der Waals surface area contributed by atoms with Crippen molar-refractivity contribution in [3.05, 3.63) is 17.0 Å². The Labute approximate surface area is 82.7 Å². The molecule has 0 atom stereocenters. The molecule has 0 amide bonds. The lowest BCUT2D eigenvalue weighted by Gasteiger charge is -2.16. The molecule has 0 unspecified atom stereocenters. The molecule has 1 aromatic heterocycles. The van der Waals surface area contributed by atoms with Crippen LogP contribution in [0.15, 0.2) is 6.07 Å². The van der Waals surface area contributed by atoms with Crippen molar-refractivity contribution in [2.24, 2.45) is 0 Å². The van der Waals surface area contributed by atoms with E-state index in [9.17, 15) is 5.21 Å². The zero-order chi connectivity index (χ0) is 10.1. The standard InChI is InChI=1S/C9H14N4O/c1-7-6-8(11-9(10)13(7)14)12-4-2-3-5-12/h6H,2-5H2,1H3,(H2,10,11). The molecule has 0 spiro atoms. The fraction of sp³-hybridized carbons (Fsp3) is 0.556. The van der Waals surface area contributed by atoms with Gasteiger partial charge in [0.1, 0.15) is 0 Å². The van der Waals surface area contributed by atoms with Crippen LogP contribution in [0.2, 0.25) is 0 Å². The van der Waals surface area contributed by atoms with Gasteiger partial charge in [-0.3, -0.25) is 5.73 Å². The van der Waals surface area contributed by atoms with Crippen LogP contribution in [0.5, 0.6) is 0 Å². The van der Waals surface area contributed by atoms with Gasteiger partial charge in [-0.1, -0.05) is 4.98 Å². The smallest absolute Gasteiger partial charge is 0.392 e. The monoisotopic (exact) mass is 194 g/mol. The molecule has 1 fully saturated rings. The summed E-state index contributed by atoms with van der Waals surface area (Å²) in [6.07, 6.45) is 2.37. The summed E-state index contributed by atoms with van der Waals surface area (Å²) in [5.41, 5.74) is 6.10. The summed E-state index contributed by atoms with van der Waals surface area (Å²) >= 11 is 0. The van der Waals surface area contributed by atoms with Crippen LogP contribution in [-0.2, 0) is 0 Å². The average Bonchev–Trinajstić information content (AvgIpc) is 2.66. The summed E-state index contributed by atoms with van der Waals surface area (Å²) in [7, 11) is 0. The lowest BCUT2D eigenvalue weighted by Crippen LogP contribution is -2.36. The van der Waals surface area contributed by atoms with Crippen molar-refractivity contribution < 1.29 is 4.73 Å². The molecular weight excluding hydrogens is 180 g/mol. The Morgan fingerprint density at radius 3 is 2.71 bits per heavy atom. The van der Waals surface area contributed by atoms with E-state index >= 15 is 0 Å². The summed E-state index contributed by atoms with van der Waals surface area (Å²) in [4.78, 5) is 6.23. The van der Waals surface area contributed by atoms with Crippen molar-refractivity contribution in [1.29, 1.82) is 0 Å². The zero-order valence-corrected chi connectivity index (χ0v) is 8.23. The largest absolute Gasteiger partial charge is 0.740 e. The van der Waals surface area contributed by atoms with Gasteiger partial charge in [0.25, 0.3) is 0 Å². The van der Waals surface area contributed by atoms with Gasteiger partial charge in [0.2, 0.25) is 5.82 Å². The first-order valence-corrected chi connectivity index (χ1v) is 4.80. The van der Waals surface area contributed by atoms with E-state index in [1.165, 1.54) is 12.8 Å². The molecule has 5 nitrogen and oxygen atoms in total. The van der Waals surface area contributed by atoms with E-state index in [0.29, 0.717) is 10.4 Å². The van der Waals surface area contributed by atoms with Gasteiger partial charge in [0, 0.05) is 19.2 Å². The molecule has 1 saturated heterocycles. The molecule has 5 heteroatoms. The normalized spacial score (nSPS) is 16.2. The van der Waals surface area contributed by atoms with Gasteiger partial charge in [-0.15, -0.1) is 0 Å². The Morgan fingerprint density at radius 1 is 1.50 bits per heavy atom. The summed E-state index contributed by atoms with van der Waals surface area (Å²) in [5, 5.41) is 11.2. The maximum Gasteiger partial charge on any atom is 0.392 e. The van der Waals surface area contributed by atoms with Gasteiger partial charge in [-0.25, -0.2) is 4.73 Å². The van der Waals surface area contributed by atoms with Crippen molar-refractivity contribution in [1.82, 2.24) is 4.98 Å². The molecule has 0 radical (unpaired) electrons. The molecule has 76 valence electrons. The lowest BCUT2D eigenvalue weighted by atomic mass is 10.4. The predicted octanol–water partition coefficient (Wildman–Crippen LogP) is 0.206. The molecule has 0 aliphatic carbocycles. The van der Waals surface area contributed by atoms with Crippen molar-refractivity contribution in [2.45, 2.75) is 19.8 Å². The average molecular weight is 194 g/mol. The number of aryl methyl sites for hydroxylation is 1. The Morgan fingerprint density at radius 2 is 2.14 bits per heavy atom. The van der Waals surface area contributed by atoms with Crippen molar-refractivity contribution >= 4 is 11.8 Å². The van der Waals surface area contributed by atoms with Gasteiger partial charge in [0.05, 0.1) is 5.69 Å². The van der Waals surface area contributed by atoms with Crippen molar-refractivity contribution in [3.8, 4) is 0 Å². The molecule has 0 saturated carbocycles. The molecule has 2 heterocycles. The van der Waals surface area contributed by atoms with Gasteiger partial charge >= 0.3 is 5.95 Å². The zero-order valence-electron chi connectivity index (χ0n) is 8.23. The van der Waals surface area contributed by atoms with Crippen LogP contribution in [0.4, 0.5) is 11.8 Å². The maximum absolute atomic E-state index is 11.2. The van der Waals surface area contributed by atoms with E-state index in [1.807, 2.05) is 0 Å². The molecule has 2 N–H and O–H groups in total. The van der Waals surface area contributed by atoms with Gasteiger partial charge in [-0.2, -0.15) is 0 Å². The van der Waals surface area contributed by atoms with Gasteiger partial charge in [0.15, 0.2) is 0 Å². The highest BCUT2D eigenvalue weighted by molar-refractivity contribution is 5.41. The van der Waals surface area contributed by atoms with E-state index in [1.54, 1.807) is 13.0 Å². The highest BCUT2D eigenvalue weighted by Gasteiger charge is 2.18. The quantitative estimate of drug-likeness (QED) is 0.512. The highest BCUT2D eigenvalue weighted by atomic mass is 16.5. The van der Waals surface area contributed by atoms with Gasteiger partial charge < -0.3 is 10.1 Å². The second kappa shape index (κ2) is 3.32. The molecule has 1 aliphatic rings. The Bertz CT molecular complexity index is 324. The van der Waals surface area contributed by atoms with E-state index in [4.69, 9.17) is 5.73 Å². The third-order valence-corrected chi connectivity index (χ3v) is 2.53. The van der Waals surface area contributed by atoms with Gasteiger partial charge in [-0.05, 0) is 19.8 Å². The Balaban J connectivity index is 2.34. The lowest BCUT2D eigenvalue weighted by molar-refractivity contribution is -0.599. The number of hydrogen-bond acceptors (Lipinski definition) is 4. The molecule has 0 aromatic carbocycles. The number of rotatable bonds is 1. The number of hydrogen-bond donors (Lipinski definition) is 1. The molecule has 2 rings (SSSR count). The summed E-state index contributed by atoms with van der Waals surface area (Å²) in [6.45, 7) is 3.76. The SMILES string of the molecule is Cc1cc(N2CCCC2)nc(N)[n+]1[O-]. The summed E-state index contributed by atoms with van der Waals surface area (Å²) in [6, 6.07) is 1.79. The number of nitrogens with two attached hydrogens (primary N) is 1.